The highest BCUT2D eigenvalue weighted by molar-refractivity contribution is 8.70. The average molecular weight is 653 g/mol. The van der Waals surface area contributed by atoms with Gasteiger partial charge in [-0.3, -0.25) is 0 Å². The van der Waals surface area contributed by atoms with E-state index in [0.29, 0.717) is 0 Å². The molecule has 0 atom stereocenters. The Morgan fingerprint density at radius 1 is 0.393 bits per heavy atom. The van der Waals surface area contributed by atoms with E-state index in [2.05, 4.69) is 22.4 Å². The molecule has 0 fully saturated rings. The molecule has 0 heterocycles. The van der Waals surface area contributed by atoms with E-state index in [-0.39, 0.29) is 48.9 Å². The Morgan fingerprint density at radius 2 is 0.500 bits per heavy atom. The molecule has 0 saturated heterocycles. The van der Waals surface area contributed by atoms with Crippen LogP contribution >= 0.6 is 27.0 Å². The summed E-state index contributed by atoms with van der Waals surface area (Å²) in [5, 5.41) is 0. The third-order valence-electron chi connectivity index (χ3n) is 0.139. The summed E-state index contributed by atoms with van der Waals surface area (Å²) in [6.45, 7) is 0. The summed E-state index contributed by atoms with van der Waals surface area (Å²) in [6, 6.07) is 0. The van der Waals surface area contributed by atoms with Crippen molar-refractivity contribution in [1.82, 2.24) is 0 Å². The fraction of sp³-hybridized carbons (Fsp3) is 0. The van der Waals surface area contributed by atoms with Crippen molar-refractivity contribution in [3.63, 3.8) is 0 Å². The summed E-state index contributed by atoms with van der Waals surface area (Å²) in [5.74, 6) is 0. The molecule has 0 saturated carbocycles. The number of hydrogen-bond donors (Lipinski definition) is 0. The lowest BCUT2D eigenvalue weighted by Crippen LogP contribution is -1.33. The lowest BCUT2D eigenvalue weighted by Gasteiger charge is -1.33. The molecule has 0 aliphatic heterocycles. The van der Waals surface area contributed by atoms with Crippen LogP contribution in [0.15, 0.2) is 0 Å². The topological polar surface area (TPSA) is 331 Å². The number of rotatable bonds is 0. The van der Waals surface area contributed by atoms with Crippen molar-refractivity contribution >= 4 is 126 Å². The molecular weight excluding hydrogens is 641 g/mol. The molecule has 0 aliphatic rings. The lowest BCUT2D eigenvalue weighted by molar-refractivity contribution is 0.628. The van der Waals surface area contributed by atoms with Crippen molar-refractivity contribution in [2.45, 2.75) is 0 Å². The van der Waals surface area contributed by atoms with Gasteiger partial charge in [-0.2, -0.15) is 43.8 Å². The van der Waals surface area contributed by atoms with Gasteiger partial charge in [-0.15, -0.1) is 0 Å². The second kappa shape index (κ2) is 273. The summed E-state index contributed by atoms with van der Waals surface area (Å²) < 4.78 is 33.2. The van der Waals surface area contributed by atoms with Crippen LogP contribution in [0.25, 0.3) is 0 Å². The van der Waals surface area contributed by atoms with Crippen LogP contribution in [0.1, 0.15) is 0 Å². The van der Waals surface area contributed by atoms with Crippen LogP contribution in [0.4, 0.5) is 0 Å². The highest BCUT2D eigenvalue weighted by Gasteiger charge is 1.33. The van der Waals surface area contributed by atoms with E-state index < -0.39 is 23.1 Å². The Balaban J connectivity index is -0.00000000905. The average Bonchev–Trinajstić information content (AvgIpc) is 2.60. The predicted octanol–water partition coefficient (Wildman–Crippen LogP) is -4.16. The van der Waals surface area contributed by atoms with Gasteiger partial charge in [0.05, 0.1) is 0 Å². The van der Waals surface area contributed by atoms with Crippen molar-refractivity contribution < 1.29 is 38.7 Å². The summed E-state index contributed by atoms with van der Waals surface area (Å²) in [5.41, 5.74) is 0. The van der Waals surface area contributed by atoms with Crippen molar-refractivity contribution in [3.05, 3.63) is 39.7 Å². The van der Waals surface area contributed by atoms with Gasteiger partial charge in [-0.1, -0.05) is 0 Å². The molecule has 16 nitrogen and oxygen atoms in total. The zero-order valence-corrected chi connectivity index (χ0v) is 22.1. The monoisotopic (exact) mass is 652 g/mol. The van der Waals surface area contributed by atoms with Crippen LogP contribution in [0.3, 0.4) is 0 Å². The zero-order chi connectivity index (χ0) is 19.7. The molecule has 0 amide bonds. The molecule has 28 heteroatoms. The maximum absolute atomic E-state index is 8.29. The Kier molecular flexibility index (Phi) is 877. The Bertz CT molecular complexity index is 432. The van der Waals surface area contributed by atoms with Crippen LogP contribution in [-0.4, -0.2) is 38.7 Å². The maximum atomic E-state index is 8.29. The first-order valence-electron chi connectivity index (χ1n) is 2.50. The summed E-state index contributed by atoms with van der Waals surface area (Å²) in [7, 11) is 9.12. The molecule has 0 radical (unpaired) electrons. The van der Waals surface area contributed by atoms with Gasteiger partial charge in [0.15, 0.2) is 0 Å². The molecule has 8 N–H and O–H groups in total. The highest BCUT2D eigenvalue weighted by atomic mass is 33.4. The van der Waals surface area contributed by atoms with E-state index in [0.717, 1.165) is 0 Å². The van der Waals surface area contributed by atoms with Gasteiger partial charge in [0.25, 0.3) is 0 Å². The number of hydrogen-bond acceptors (Lipinski definition) is 14. The molecule has 0 aromatic heterocycles. The molecule has 28 heavy (non-hydrogen) atoms. The lowest BCUT2D eigenvalue weighted by atomic mass is 15.3. The largest absolute Gasteiger partial charge is 0.412 e. The first-order chi connectivity index (χ1) is 10.7. The summed E-state index contributed by atoms with van der Waals surface area (Å²) in [4.78, 5) is 56.0. The minimum Gasteiger partial charge on any atom is -0.412 e. The van der Waals surface area contributed by atoms with Crippen LogP contribution < -0.4 is 0 Å². The van der Waals surface area contributed by atoms with E-state index in [1.165, 1.54) is 17.8 Å². The molecule has 0 unspecified atom stereocenters. The molecular formula is H12O16S12. The van der Waals surface area contributed by atoms with Crippen molar-refractivity contribution in [3.8, 4) is 0 Å². The standard InChI is InChI=1S/2O2S.4O2.4H2O.S8.2H2S/c2*1-3-2;4*1-2;;;;;1-3-5-7-8-6-4-2;;/h;;;;;;4*1H2;;2*1H2. The van der Waals surface area contributed by atoms with Crippen LogP contribution in [-0.2, 0) is 98.8 Å². The smallest absolute Gasteiger partial charge is 0.335 e. The van der Waals surface area contributed by atoms with E-state index >= 15 is 0 Å². The SMILES string of the molecule is O.O.O.O.O=O.O=O.O=O.O=O.O=S=O.O=S=O.S.S.S=S=S=S=S=S=S=S. The van der Waals surface area contributed by atoms with Crippen LogP contribution in [0, 0.1) is 39.7 Å². The molecule has 0 spiro atoms. The third kappa shape index (κ3) is 593. The molecule has 0 rings (SSSR count). The molecule has 0 aromatic carbocycles. The zero-order valence-electron chi connectivity index (χ0n) is 12.0. The summed E-state index contributed by atoms with van der Waals surface area (Å²) >= 11 is 7.71. The van der Waals surface area contributed by atoms with E-state index in [1.54, 1.807) is 35.5 Å². The van der Waals surface area contributed by atoms with Gasteiger partial charge in [0.2, 0.25) is 0 Å². The maximum Gasteiger partial charge on any atom is 0.335 e. The third-order valence-corrected chi connectivity index (χ3v) is 11.2. The normalized spacial score (nSPS) is 3.29. The van der Waals surface area contributed by atoms with Gasteiger partial charge in [0, 0.05) is 115 Å². The molecule has 0 aromatic rings. The van der Waals surface area contributed by atoms with E-state index in [1.807, 2.05) is 0 Å². The predicted molar refractivity (Wildman–Crippen MR) is 139 cm³/mol. The van der Waals surface area contributed by atoms with Gasteiger partial charge in [-0.05, 0) is 0 Å². The fourth-order valence-electron chi connectivity index (χ4n) is 0.0454. The van der Waals surface area contributed by atoms with Crippen molar-refractivity contribution in [2.24, 2.45) is 0 Å². The first kappa shape index (κ1) is 90.0. The van der Waals surface area contributed by atoms with Gasteiger partial charge < -0.3 is 21.9 Å². The van der Waals surface area contributed by atoms with Gasteiger partial charge >= 0.3 is 23.1 Å². The van der Waals surface area contributed by atoms with E-state index in [9.17, 15) is 0 Å². The molecule has 0 aliphatic carbocycles. The van der Waals surface area contributed by atoms with Crippen molar-refractivity contribution in [1.29, 1.82) is 0 Å². The van der Waals surface area contributed by atoms with Crippen LogP contribution in [0.5, 0.6) is 0 Å². The Morgan fingerprint density at radius 3 is 0.571 bits per heavy atom. The van der Waals surface area contributed by atoms with Crippen molar-refractivity contribution in [2.75, 3.05) is 0 Å². The second-order valence-corrected chi connectivity index (χ2v) is 11.4. The van der Waals surface area contributed by atoms with E-state index in [4.69, 9.17) is 56.6 Å². The van der Waals surface area contributed by atoms with Gasteiger partial charge in [0.1, 0.15) is 0 Å². The second-order valence-electron chi connectivity index (χ2n) is 0.544. The molecule has 0 bridgehead atoms. The quantitative estimate of drug-likeness (QED) is 0.240. The van der Waals surface area contributed by atoms with Gasteiger partial charge in [-0.25, -0.2) is 0 Å². The minimum atomic E-state index is -0.750. The molecule has 180 valence electrons. The highest BCUT2D eigenvalue weighted by Crippen LogP contribution is 1.33. The Hall–Kier alpha value is 0.340. The first-order valence-corrected chi connectivity index (χ1v) is 13.2. The Labute approximate surface area is 202 Å². The minimum absolute atomic E-state index is 0. The fourth-order valence-corrected chi connectivity index (χ4v) is 11.0. The van der Waals surface area contributed by atoms with Crippen LogP contribution in [0.2, 0.25) is 0 Å². The summed E-state index contributed by atoms with van der Waals surface area (Å²) in [6.07, 6.45) is 0.